The molecule has 1 aliphatic rings. The second-order valence-corrected chi connectivity index (χ2v) is 13.9. The number of benzene rings is 7. The maximum Gasteiger partial charge on any atom is 0.0468 e. The summed E-state index contributed by atoms with van der Waals surface area (Å²) in [5, 5.41) is 7.91. The van der Waals surface area contributed by atoms with Gasteiger partial charge in [0.2, 0.25) is 0 Å². The summed E-state index contributed by atoms with van der Waals surface area (Å²) in [5.74, 6) is 0. The summed E-state index contributed by atoms with van der Waals surface area (Å²) < 4.78 is 0. The van der Waals surface area contributed by atoms with E-state index in [1.807, 2.05) is 0 Å². The van der Waals surface area contributed by atoms with Crippen molar-refractivity contribution in [1.29, 1.82) is 0 Å². The van der Waals surface area contributed by atoms with Crippen molar-refractivity contribution < 1.29 is 0 Å². The van der Waals surface area contributed by atoms with Crippen LogP contribution < -0.4 is 4.90 Å². The van der Waals surface area contributed by atoms with E-state index in [1.165, 1.54) is 60.1 Å². The third-order valence-corrected chi connectivity index (χ3v) is 9.72. The summed E-state index contributed by atoms with van der Waals surface area (Å²) in [7, 11) is 0. The summed E-state index contributed by atoms with van der Waals surface area (Å²) in [6, 6.07) is 49.5. The monoisotopic (exact) mass is 567 g/mol. The van der Waals surface area contributed by atoms with E-state index in [1.54, 1.807) is 0 Å². The minimum absolute atomic E-state index is 0.112. The molecule has 0 amide bonds. The van der Waals surface area contributed by atoms with E-state index in [9.17, 15) is 0 Å². The van der Waals surface area contributed by atoms with Crippen LogP contribution in [0, 0.1) is 0 Å². The number of fused-ring (bicyclic) bond motifs is 9. The molecule has 1 aliphatic carbocycles. The molecule has 1 nitrogen and oxygen atoms in total. The average molecular weight is 568 g/mol. The van der Waals surface area contributed by atoms with E-state index in [-0.39, 0.29) is 10.8 Å². The van der Waals surface area contributed by atoms with Gasteiger partial charge in [0, 0.05) is 22.5 Å². The van der Waals surface area contributed by atoms with Crippen molar-refractivity contribution in [2.45, 2.75) is 45.4 Å². The van der Waals surface area contributed by atoms with Crippen LogP contribution in [0.25, 0.3) is 43.4 Å². The van der Waals surface area contributed by atoms with Crippen molar-refractivity contribution in [3.05, 3.63) is 150 Å². The zero-order valence-electron chi connectivity index (χ0n) is 26.1. The number of para-hydroxylation sites is 1. The Morgan fingerprint density at radius 1 is 0.500 bits per heavy atom. The summed E-state index contributed by atoms with van der Waals surface area (Å²) in [5.41, 5.74) is 10.4. The SMILES string of the molecule is CC(C)(C)c1ccc(N(c2ccccc2)c2ccc3cc4c(cc3c2)C(C)(C)c2c-4c3ccccc3c3ccccc23)cc1. The van der Waals surface area contributed by atoms with Crippen LogP contribution in [0.4, 0.5) is 17.1 Å². The highest BCUT2D eigenvalue weighted by Crippen LogP contribution is 2.55. The highest BCUT2D eigenvalue weighted by Gasteiger charge is 2.38. The van der Waals surface area contributed by atoms with E-state index < -0.39 is 0 Å². The number of rotatable bonds is 3. The van der Waals surface area contributed by atoms with Gasteiger partial charge in [-0.3, -0.25) is 0 Å². The molecule has 0 saturated heterocycles. The predicted octanol–water partition coefficient (Wildman–Crippen LogP) is 12.2. The van der Waals surface area contributed by atoms with Crippen molar-refractivity contribution in [3.8, 4) is 11.1 Å². The molecule has 0 saturated carbocycles. The normalized spacial score (nSPS) is 13.8. The van der Waals surface area contributed by atoms with E-state index in [2.05, 4.69) is 173 Å². The first-order chi connectivity index (χ1) is 21.2. The van der Waals surface area contributed by atoms with Crippen LogP contribution in [0.2, 0.25) is 0 Å². The zero-order chi connectivity index (χ0) is 30.2. The number of anilines is 3. The second-order valence-electron chi connectivity index (χ2n) is 13.9. The summed E-state index contributed by atoms with van der Waals surface area (Å²) in [6.07, 6.45) is 0. The topological polar surface area (TPSA) is 3.24 Å². The molecule has 0 heterocycles. The van der Waals surface area contributed by atoms with Crippen molar-refractivity contribution >= 4 is 49.4 Å². The Labute approximate surface area is 260 Å². The average Bonchev–Trinajstić information content (AvgIpc) is 3.27. The standard InChI is InChI=1S/C43H37N/c1-42(2,3)30-20-23-32(24-21-30)44(31-13-7-6-8-14-31)33-22-19-28-26-38-39(27-29(28)25-33)43(4,5)41-37-18-12-10-16-35(37)34-15-9-11-17-36(34)40(38)41/h6-27H,1-5H3. The van der Waals surface area contributed by atoms with Gasteiger partial charge in [0.15, 0.2) is 0 Å². The molecule has 0 radical (unpaired) electrons. The van der Waals surface area contributed by atoms with Crippen molar-refractivity contribution in [2.24, 2.45) is 0 Å². The van der Waals surface area contributed by atoms with Gasteiger partial charge in [-0.25, -0.2) is 0 Å². The summed E-state index contributed by atoms with van der Waals surface area (Å²) in [6.45, 7) is 11.6. The first-order valence-electron chi connectivity index (χ1n) is 15.7. The Bertz CT molecular complexity index is 2210. The van der Waals surface area contributed by atoms with Gasteiger partial charge in [-0.05, 0) is 114 Å². The van der Waals surface area contributed by atoms with E-state index in [4.69, 9.17) is 0 Å². The molecule has 44 heavy (non-hydrogen) atoms. The van der Waals surface area contributed by atoms with Crippen LogP contribution in [0.15, 0.2) is 133 Å². The first kappa shape index (κ1) is 26.7. The van der Waals surface area contributed by atoms with Crippen LogP contribution in [0.1, 0.15) is 51.3 Å². The minimum Gasteiger partial charge on any atom is -0.310 e. The van der Waals surface area contributed by atoms with Gasteiger partial charge in [-0.15, -0.1) is 0 Å². The van der Waals surface area contributed by atoms with E-state index in [0.29, 0.717) is 0 Å². The highest BCUT2D eigenvalue weighted by atomic mass is 15.1. The molecular formula is C43H37N. The molecule has 0 unspecified atom stereocenters. The quantitative estimate of drug-likeness (QED) is 0.192. The van der Waals surface area contributed by atoms with Gasteiger partial charge < -0.3 is 4.90 Å². The fourth-order valence-corrected chi connectivity index (χ4v) is 7.49. The molecule has 0 N–H and O–H groups in total. The van der Waals surface area contributed by atoms with E-state index >= 15 is 0 Å². The lowest BCUT2D eigenvalue weighted by atomic mass is 9.79. The Kier molecular flexibility index (Phi) is 5.81. The van der Waals surface area contributed by atoms with Crippen molar-refractivity contribution in [1.82, 2.24) is 0 Å². The smallest absolute Gasteiger partial charge is 0.0468 e. The third kappa shape index (κ3) is 3.99. The lowest BCUT2D eigenvalue weighted by Gasteiger charge is -2.27. The third-order valence-electron chi connectivity index (χ3n) is 9.72. The first-order valence-corrected chi connectivity index (χ1v) is 15.7. The molecule has 0 spiro atoms. The van der Waals surface area contributed by atoms with Crippen molar-refractivity contribution in [3.63, 3.8) is 0 Å². The van der Waals surface area contributed by atoms with Crippen LogP contribution in [0.3, 0.4) is 0 Å². The Balaban J connectivity index is 1.33. The maximum absolute atomic E-state index is 2.46. The molecular weight excluding hydrogens is 530 g/mol. The molecule has 0 atom stereocenters. The fraction of sp³-hybridized carbons (Fsp3) is 0.163. The molecule has 7 aromatic carbocycles. The molecule has 0 aromatic heterocycles. The molecule has 0 fully saturated rings. The van der Waals surface area contributed by atoms with Gasteiger partial charge in [-0.1, -0.05) is 120 Å². The minimum atomic E-state index is -0.125. The number of nitrogens with zero attached hydrogens (tertiary/aromatic N) is 1. The Hall–Kier alpha value is -4.88. The van der Waals surface area contributed by atoms with Crippen LogP contribution >= 0.6 is 0 Å². The van der Waals surface area contributed by atoms with Crippen LogP contribution in [0.5, 0.6) is 0 Å². The fourth-order valence-electron chi connectivity index (χ4n) is 7.49. The van der Waals surface area contributed by atoms with Crippen LogP contribution in [-0.4, -0.2) is 0 Å². The lowest BCUT2D eigenvalue weighted by molar-refractivity contribution is 0.590. The Morgan fingerprint density at radius 2 is 1.07 bits per heavy atom. The van der Waals surface area contributed by atoms with Crippen LogP contribution in [-0.2, 0) is 10.8 Å². The van der Waals surface area contributed by atoms with E-state index in [0.717, 1.165) is 17.1 Å². The van der Waals surface area contributed by atoms with Gasteiger partial charge in [0.1, 0.15) is 0 Å². The predicted molar refractivity (Wildman–Crippen MR) is 190 cm³/mol. The van der Waals surface area contributed by atoms with Gasteiger partial charge in [0.25, 0.3) is 0 Å². The largest absolute Gasteiger partial charge is 0.310 e. The Morgan fingerprint density at radius 3 is 1.75 bits per heavy atom. The zero-order valence-corrected chi connectivity index (χ0v) is 26.1. The number of hydrogen-bond acceptors (Lipinski definition) is 1. The summed E-state index contributed by atoms with van der Waals surface area (Å²) in [4.78, 5) is 2.38. The number of hydrogen-bond donors (Lipinski definition) is 0. The summed E-state index contributed by atoms with van der Waals surface area (Å²) >= 11 is 0. The molecule has 214 valence electrons. The molecule has 8 rings (SSSR count). The maximum atomic E-state index is 2.46. The molecule has 0 aliphatic heterocycles. The highest BCUT2D eigenvalue weighted by molar-refractivity contribution is 6.19. The van der Waals surface area contributed by atoms with Crippen molar-refractivity contribution in [2.75, 3.05) is 4.90 Å². The van der Waals surface area contributed by atoms with Gasteiger partial charge >= 0.3 is 0 Å². The van der Waals surface area contributed by atoms with Gasteiger partial charge in [-0.2, -0.15) is 0 Å². The van der Waals surface area contributed by atoms with Gasteiger partial charge in [0.05, 0.1) is 0 Å². The molecule has 1 heteroatoms. The molecule has 7 aromatic rings. The molecule has 0 bridgehead atoms. The lowest BCUT2D eigenvalue weighted by Crippen LogP contribution is -2.15. The second kappa shape index (κ2) is 9.56.